The molecule has 3 rings (SSSR count). The highest BCUT2D eigenvalue weighted by molar-refractivity contribution is 6.07. The van der Waals surface area contributed by atoms with Gasteiger partial charge in [0.1, 0.15) is 22.7 Å². The second kappa shape index (κ2) is 8.93. The van der Waals surface area contributed by atoms with Crippen LogP contribution in [0.1, 0.15) is 16.8 Å². The van der Waals surface area contributed by atoms with E-state index >= 15 is 4.39 Å². The average Bonchev–Trinajstić information content (AvgIpc) is 2.77. The number of halogens is 4. The Morgan fingerprint density at radius 1 is 1.15 bits per heavy atom. The summed E-state index contributed by atoms with van der Waals surface area (Å²) in [6.45, 7) is 3.13. The standard InChI is InChI=1S/C22H20F4N6O/c1-11-7-13(14(23)9-17(11)32(4)21(33)15(28-3)5-6-27)20-29-10-16-19(31-20)12(2)8-18(30-16)22(24,25)26/h5-10,27-28H,1-4H3/b15-5-,27-6?. The molecule has 0 aliphatic rings. The van der Waals surface area contributed by atoms with Gasteiger partial charge in [0.2, 0.25) is 0 Å². The molecule has 2 aromatic heterocycles. The first-order chi connectivity index (χ1) is 15.5. The van der Waals surface area contributed by atoms with E-state index in [0.717, 1.165) is 24.5 Å². The maximum Gasteiger partial charge on any atom is 0.433 e. The number of allylic oxidation sites excluding steroid dienone is 1. The number of pyridine rings is 1. The molecule has 0 radical (unpaired) electrons. The van der Waals surface area contributed by atoms with Crippen molar-refractivity contribution in [2.45, 2.75) is 20.0 Å². The van der Waals surface area contributed by atoms with Crippen molar-refractivity contribution in [1.29, 1.82) is 5.41 Å². The van der Waals surface area contributed by atoms with Crippen LogP contribution in [-0.4, -0.2) is 41.2 Å². The minimum Gasteiger partial charge on any atom is -0.384 e. The highest BCUT2D eigenvalue weighted by atomic mass is 19.4. The number of nitrogens with one attached hydrogen (secondary N) is 2. The van der Waals surface area contributed by atoms with Crippen molar-refractivity contribution >= 4 is 28.8 Å². The molecule has 3 aromatic rings. The number of fused-ring (bicyclic) bond motifs is 1. The Balaban J connectivity index is 2.05. The third kappa shape index (κ3) is 4.66. The summed E-state index contributed by atoms with van der Waals surface area (Å²) in [6, 6.07) is 3.50. The van der Waals surface area contributed by atoms with E-state index in [1.807, 2.05) is 0 Å². The minimum absolute atomic E-state index is 0.0205. The molecular weight excluding hydrogens is 440 g/mol. The number of aromatic nitrogens is 3. The van der Waals surface area contributed by atoms with E-state index in [1.165, 1.54) is 38.1 Å². The average molecular weight is 460 g/mol. The van der Waals surface area contributed by atoms with Crippen LogP contribution < -0.4 is 10.2 Å². The van der Waals surface area contributed by atoms with Gasteiger partial charge in [-0.25, -0.2) is 19.3 Å². The highest BCUT2D eigenvalue weighted by Gasteiger charge is 2.33. The third-order valence-corrected chi connectivity index (χ3v) is 4.97. The van der Waals surface area contributed by atoms with Gasteiger partial charge in [0.25, 0.3) is 5.91 Å². The van der Waals surface area contributed by atoms with E-state index in [4.69, 9.17) is 5.41 Å². The number of hydrogen-bond donors (Lipinski definition) is 2. The maximum atomic E-state index is 15.0. The van der Waals surface area contributed by atoms with Crippen LogP contribution in [0.25, 0.3) is 22.4 Å². The second-order valence-corrected chi connectivity index (χ2v) is 7.23. The number of carbonyl (C=O) groups is 1. The van der Waals surface area contributed by atoms with Gasteiger partial charge in [-0.1, -0.05) is 0 Å². The Bertz CT molecular complexity index is 1290. The van der Waals surface area contributed by atoms with Gasteiger partial charge < -0.3 is 15.6 Å². The summed E-state index contributed by atoms with van der Waals surface area (Å²) in [7, 11) is 3.00. The summed E-state index contributed by atoms with van der Waals surface area (Å²) < 4.78 is 54.1. The van der Waals surface area contributed by atoms with Crippen molar-refractivity contribution in [2.24, 2.45) is 0 Å². The number of alkyl halides is 3. The molecular formula is C22H20F4N6O. The van der Waals surface area contributed by atoms with Crippen LogP contribution in [0.15, 0.2) is 36.2 Å². The van der Waals surface area contributed by atoms with Gasteiger partial charge >= 0.3 is 6.18 Å². The van der Waals surface area contributed by atoms with Crippen LogP contribution in [0.2, 0.25) is 0 Å². The number of benzene rings is 1. The zero-order valence-electron chi connectivity index (χ0n) is 18.2. The van der Waals surface area contributed by atoms with Gasteiger partial charge in [-0.05, 0) is 49.2 Å². The van der Waals surface area contributed by atoms with Crippen molar-refractivity contribution in [3.8, 4) is 11.4 Å². The molecule has 2 heterocycles. The van der Waals surface area contributed by atoms with E-state index in [9.17, 15) is 18.0 Å². The second-order valence-electron chi connectivity index (χ2n) is 7.23. The lowest BCUT2D eigenvalue weighted by Crippen LogP contribution is -2.33. The molecule has 0 unspecified atom stereocenters. The lowest BCUT2D eigenvalue weighted by molar-refractivity contribution is -0.141. The number of aryl methyl sites for hydroxylation is 2. The first-order valence-corrected chi connectivity index (χ1v) is 9.66. The Hall–Kier alpha value is -3.89. The molecule has 0 saturated heterocycles. The Morgan fingerprint density at radius 3 is 2.45 bits per heavy atom. The number of hydrogen-bond acceptors (Lipinski definition) is 6. The number of likely N-dealkylation sites (N-methyl/N-ethyl adjacent to an activating group) is 2. The lowest BCUT2D eigenvalue weighted by Gasteiger charge is -2.21. The van der Waals surface area contributed by atoms with Crippen LogP contribution in [-0.2, 0) is 11.0 Å². The molecule has 2 N–H and O–H groups in total. The van der Waals surface area contributed by atoms with Crippen LogP contribution >= 0.6 is 0 Å². The fourth-order valence-corrected chi connectivity index (χ4v) is 3.30. The lowest BCUT2D eigenvalue weighted by atomic mass is 10.1. The first kappa shape index (κ1) is 23.8. The minimum atomic E-state index is -4.61. The van der Waals surface area contributed by atoms with Crippen molar-refractivity contribution in [3.63, 3.8) is 0 Å². The molecule has 0 aliphatic heterocycles. The summed E-state index contributed by atoms with van der Waals surface area (Å²) in [5.74, 6) is -1.21. The van der Waals surface area contributed by atoms with Gasteiger partial charge in [0.15, 0.2) is 5.82 Å². The molecule has 172 valence electrons. The van der Waals surface area contributed by atoms with E-state index < -0.39 is 23.6 Å². The summed E-state index contributed by atoms with van der Waals surface area (Å²) in [5.41, 5.74) is 0.310. The number of anilines is 1. The number of rotatable bonds is 5. The Labute approximate surface area is 186 Å². The van der Waals surface area contributed by atoms with Crippen molar-refractivity contribution < 1.29 is 22.4 Å². The van der Waals surface area contributed by atoms with E-state index in [2.05, 4.69) is 20.3 Å². The maximum absolute atomic E-state index is 15.0. The van der Waals surface area contributed by atoms with Gasteiger partial charge in [-0.2, -0.15) is 13.2 Å². The molecule has 0 aliphatic carbocycles. The van der Waals surface area contributed by atoms with Crippen LogP contribution in [0.5, 0.6) is 0 Å². The molecule has 0 atom stereocenters. The van der Waals surface area contributed by atoms with Gasteiger partial charge in [-0.15, -0.1) is 0 Å². The normalized spacial score (nSPS) is 12.1. The predicted molar refractivity (Wildman–Crippen MR) is 117 cm³/mol. The molecule has 33 heavy (non-hydrogen) atoms. The highest BCUT2D eigenvalue weighted by Crippen LogP contribution is 2.32. The third-order valence-electron chi connectivity index (χ3n) is 4.97. The first-order valence-electron chi connectivity index (χ1n) is 9.66. The topological polar surface area (TPSA) is 94.9 Å². The predicted octanol–water partition coefficient (Wildman–Crippen LogP) is 4.18. The van der Waals surface area contributed by atoms with Gasteiger partial charge in [0, 0.05) is 26.0 Å². The molecule has 7 nitrogen and oxygen atoms in total. The molecule has 0 saturated carbocycles. The smallest absolute Gasteiger partial charge is 0.384 e. The number of amides is 1. The van der Waals surface area contributed by atoms with E-state index in [0.29, 0.717) is 11.3 Å². The SMILES string of the molecule is CN/C(=C\C=N)C(=O)N(C)c1cc(F)c(-c2ncc3nc(C(F)(F)F)cc(C)c3n2)cc1C. The summed E-state index contributed by atoms with van der Waals surface area (Å²) in [5, 5.41) is 9.83. The Morgan fingerprint density at radius 2 is 1.85 bits per heavy atom. The van der Waals surface area contributed by atoms with Gasteiger partial charge in [0.05, 0.1) is 17.3 Å². The van der Waals surface area contributed by atoms with Crippen LogP contribution in [0.4, 0.5) is 23.2 Å². The Kier molecular flexibility index (Phi) is 6.43. The van der Waals surface area contributed by atoms with Crippen molar-refractivity contribution in [2.75, 3.05) is 19.0 Å². The summed E-state index contributed by atoms with van der Waals surface area (Å²) in [4.78, 5) is 25.7. The van der Waals surface area contributed by atoms with Crippen LogP contribution in [0.3, 0.4) is 0 Å². The van der Waals surface area contributed by atoms with E-state index in [1.54, 1.807) is 6.92 Å². The van der Waals surface area contributed by atoms with Crippen molar-refractivity contribution in [3.05, 3.63) is 58.8 Å². The zero-order chi connectivity index (χ0) is 24.5. The molecule has 0 bridgehead atoms. The monoisotopic (exact) mass is 460 g/mol. The molecule has 1 aromatic carbocycles. The zero-order valence-corrected chi connectivity index (χ0v) is 18.2. The fraction of sp³-hybridized carbons (Fsp3) is 0.227. The molecule has 0 fully saturated rings. The van der Waals surface area contributed by atoms with Crippen molar-refractivity contribution in [1.82, 2.24) is 20.3 Å². The summed E-state index contributed by atoms with van der Waals surface area (Å²) >= 11 is 0. The van der Waals surface area contributed by atoms with Crippen LogP contribution in [0, 0.1) is 25.1 Å². The van der Waals surface area contributed by atoms with Gasteiger partial charge in [-0.3, -0.25) is 4.79 Å². The summed E-state index contributed by atoms with van der Waals surface area (Å²) in [6.07, 6.45) is -1.25. The largest absolute Gasteiger partial charge is 0.433 e. The fourth-order valence-electron chi connectivity index (χ4n) is 3.30. The number of carbonyl (C=O) groups excluding carboxylic acids is 1. The molecule has 0 spiro atoms. The molecule has 1 amide bonds. The van der Waals surface area contributed by atoms with E-state index in [-0.39, 0.29) is 33.7 Å². The quantitative estimate of drug-likeness (QED) is 0.338. The molecule has 11 heteroatoms. The number of nitrogens with zero attached hydrogens (tertiary/aromatic N) is 4.